The fourth-order valence-electron chi connectivity index (χ4n) is 4.05. The molecule has 2 fully saturated rings. The summed E-state index contributed by atoms with van der Waals surface area (Å²) in [6, 6.07) is 7.19. The fraction of sp³-hybridized carbons (Fsp3) is 0.682. The Hall–Kier alpha value is -1.13. The predicted octanol–water partition coefficient (Wildman–Crippen LogP) is 2.94. The van der Waals surface area contributed by atoms with Crippen LogP contribution in [0, 0.1) is 11.7 Å². The van der Waals surface area contributed by atoms with Gasteiger partial charge in [-0.25, -0.2) is 4.39 Å². The van der Waals surface area contributed by atoms with Gasteiger partial charge in [-0.1, -0.05) is 13.0 Å². The van der Waals surface area contributed by atoms with Crippen molar-refractivity contribution in [3.63, 3.8) is 0 Å². The zero-order valence-electron chi connectivity index (χ0n) is 18.3. The van der Waals surface area contributed by atoms with E-state index < -0.39 is 0 Å². The zero-order valence-corrected chi connectivity index (χ0v) is 20.6. The Balaban J connectivity index is 0.00000320. The van der Waals surface area contributed by atoms with Crippen LogP contribution < -0.4 is 15.5 Å². The number of aliphatic imine (C=N–C) groups is 1. The number of halogens is 2. The number of guanidine groups is 1. The highest BCUT2D eigenvalue weighted by atomic mass is 127. The summed E-state index contributed by atoms with van der Waals surface area (Å²) in [7, 11) is 0. The van der Waals surface area contributed by atoms with Gasteiger partial charge in [0.05, 0.1) is 13.2 Å². The van der Waals surface area contributed by atoms with Gasteiger partial charge in [0.1, 0.15) is 5.82 Å². The first-order valence-electron chi connectivity index (χ1n) is 11.0. The molecule has 2 atom stereocenters. The van der Waals surface area contributed by atoms with E-state index >= 15 is 0 Å². The number of nitrogens with one attached hydrogen (secondary N) is 2. The molecule has 2 aliphatic rings. The third-order valence-electron chi connectivity index (χ3n) is 5.51. The second-order valence-corrected chi connectivity index (χ2v) is 8.15. The molecule has 1 aromatic carbocycles. The highest BCUT2D eigenvalue weighted by Gasteiger charge is 2.21. The molecule has 2 heterocycles. The summed E-state index contributed by atoms with van der Waals surface area (Å²) in [6.07, 6.45) is 2.18. The van der Waals surface area contributed by atoms with E-state index in [9.17, 15) is 4.39 Å². The largest absolute Gasteiger partial charge is 0.379 e. The standard InChI is InChI=1S/C22H36FN5O.HI/c1-3-24-22(25-15-18(2)16-27-10-12-29-13-11-27)26-20-7-5-9-28(17-20)21-8-4-6-19(23)14-21;/h4,6,8,14,18,20H,3,5,7,9-13,15-17H2,1-2H3,(H2,24,25,26);1H. The average Bonchev–Trinajstić information content (AvgIpc) is 2.73. The quantitative estimate of drug-likeness (QED) is 0.321. The van der Waals surface area contributed by atoms with Crippen LogP contribution in [0.15, 0.2) is 29.3 Å². The molecule has 0 saturated carbocycles. The van der Waals surface area contributed by atoms with E-state index in [4.69, 9.17) is 9.73 Å². The molecule has 3 rings (SSSR count). The van der Waals surface area contributed by atoms with Gasteiger partial charge in [0, 0.05) is 57.5 Å². The van der Waals surface area contributed by atoms with Crippen LogP contribution in [0.1, 0.15) is 26.7 Å². The van der Waals surface area contributed by atoms with Gasteiger partial charge in [0.15, 0.2) is 5.96 Å². The van der Waals surface area contributed by atoms with Crippen LogP contribution in [0.2, 0.25) is 0 Å². The monoisotopic (exact) mass is 533 g/mol. The smallest absolute Gasteiger partial charge is 0.191 e. The highest BCUT2D eigenvalue weighted by molar-refractivity contribution is 14.0. The molecular formula is C22H37FIN5O. The van der Waals surface area contributed by atoms with Crippen molar-refractivity contribution >= 4 is 35.6 Å². The summed E-state index contributed by atoms with van der Waals surface area (Å²) in [6.45, 7) is 12.6. The SMILES string of the molecule is CCNC(=NCC(C)CN1CCOCC1)NC1CCCN(c2cccc(F)c2)C1.I. The number of ether oxygens (including phenoxy) is 1. The summed E-state index contributed by atoms with van der Waals surface area (Å²) in [5.74, 6) is 1.20. The Bertz CT molecular complexity index is 656. The molecule has 0 aliphatic carbocycles. The Morgan fingerprint density at radius 3 is 2.83 bits per heavy atom. The van der Waals surface area contributed by atoms with Crippen molar-refractivity contribution in [1.82, 2.24) is 15.5 Å². The van der Waals surface area contributed by atoms with Crippen LogP contribution in [0.3, 0.4) is 0 Å². The number of anilines is 1. The van der Waals surface area contributed by atoms with Crippen molar-refractivity contribution in [3.8, 4) is 0 Å². The number of hydrogen-bond acceptors (Lipinski definition) is 4. The molecule has 170 valence electrons. The molecule has 6 nitrogen and oxygen atoms in total. The highest BCUT2D eigenvalue weighted by Crippen LogP contribution is 2.20. The van der Waals surface area contributed by atoms with Crippen molar-refractivity contribution in [2.75, 3.05) is 63.9 Å². The van der Waals surface area contributed by atoms with Crippen LogP contribution in [-0.2, 0) is 4.74 Å². The number of rotatable bonds is 7. The number of benzene rings is 1. The fourth-order valence-corrected chi connectivity index (χ4v) is 4.05. The number of nitrogens with zero attached hydrogens (tertiary/aromatic N) is 3. The Morgan fingerprint density at radius 1 is 1.30 bits per heavy atom. The van der Waals surface area contributed by atoms with Gasteiger partial charge < -0.3 is 20.3 Å². The molecule has 0 bridgehead atoms. The van der Waals surface area contributed by atoms with Crippen molar-refractivity contribution < 1.29 is 9.13 Å². The molecule has 0 spiro atoms. The third-order valence-corrected chi connectivity index (χ3v) is 5.51. The number of piperidine rings is 1. The molecule has 0 amide bonds. The first kappa shape index (κ1) is 25.1. The van der Waals surface area contributed by atoms with Gasteiger partial charge in [-0.3, -0.25) is 9.89 Å². The van der Waals surface area contributed by atoms with E-state index in [2.05, 4.69) is 34.3 Å². The zero-order chi connectivity index (χ0) is 20.5. The molecule has 2 N–H and O–H groups in total. The van der Waals surface area contributed by atoms with Crippen LogP contribution in [0.5, 0.6) is 0 Å². The molecule has 2 saturated heterocycles. The van der Waals surface area contributed by atoms with Gasteiger partial charge in [0.25, 0.3) is 0 Å². The summed E-state index contributed by atoms with van der Waals surface area (Å²) in [4.78, 5) is 9.56. The second kappa shape index (κ2) is 13.3. The molecule has 0 radical (unpaired) electrons. The van der Waals surface area contributed by atoms with Crippen LogP contribution in [0.25, 0.3) is 0 Å². The minimum absolute atomic E-state index is 0. The summed E-state index contributed by atoms with van der Waals surface area (Å²) in [5.41, 5.74) is 0.956. The number of morpholine rings is 1. The van der Waals surface area contributed by atoms with E-state index in [0.717, 1.165) is 83.5 Å². The predicted molar refractivity (Wildman–Crippen MR) is 133 cm³/mol. The van der Waals surface area contributed by atoms with Gasteiger partial charge in [-0.15, -0.1) is 24.0 Å². The van der Waals surface area contributed by atoms with E-state index in [1.807, 2.05) is 6.07 Å². The van der Waals surface area contributed by atoms with Crippen molar-refractivity contribution in [3.05, 3.63) is 30.1 Å². The lowest BCUT2D eigenvalue weighted by atomic mass is 10.0. The minimum atomic E-state index is -0.179. The molecule has 0 aromatic heterocycles. The van der Waals surface area contributed by atoms with E-state index in [0.29, 0.717) is 12.0 Å². The molecular weight excluding hydrogens is 496 g/mol. The van der Waals surface area contributed by atoms with E-state index in [1.54, 1.807) is 12.1 Å². The van der Waals surface area contributed by atoms with E-state index in [1.165, 1.54) is 6.07 Å². The lowest BCUT2D eigenvalue weighted by Gasteiger charge is -2.35. The van der Waals surface area contributed by atoms with Crippen LogP contribution >= 0.6 is 24.0 Å². The van der Waals surface area contributed by atoms with Crippen LogP contribution in [-0.4, -0.2) is 75.9 Å². The first-order chi connectivity index (χ1) is 14.1. The summed E-state index contributed by atoms with van der Waals surface area (Å²) < 4.78 is 19.0. The lowest BCUT2D eigenvalue weighted by Crippen LogP contribution is -2.51. The first-order valence-corrected chi connectivity index (χ1v) is 11.0. The maximum atomic E-state index is 13.6. The topological polar surface area (TPSA) is 52.1 Å². The maximum absolute atomic E-state index is 13.6. The molecule has 8 heteroatoms. The van der Waals surface area contributed by atoms with Gasteiger partial charge in [0.2, 0.25) is 0 Å². The lowest BCUT2D eigenvalue weighted by molar-refractivity contribution is 0.0323. The normalized spacial score (nSPS) is 21.6. The molecule has 1 aromatic rings. The van der Waals surface area contributed by atoms with Crippen LogP contribution in [0.4, 0.5) is 10.1 Å². The summed E-state index contributed by atoms with van der Waals surface area (Å²) >= 11 is 0. The minimum Gasteiger partial charge on any atom is -0.379 e. The second-order valence-electron chi connectivity index (χ2n) is 8.15. The Kier molecular flexibility index (Phi) is 11.2. The van der Waals surface area contributed by atoms with Gasteiger partial charge in [-0.2, -0.15) is 0 Å². The third kappa shape index (κ3) is 8.19. The van der Waals surface area contributed by atoms with Gasteiger partial charge >= 0.3 is 0 Å². The van der Waals surface area contributed by atoms with Crippen molar-refractivity contribution in [2.24, 2.45) is 10.9 Å². The van der Waals surface area contributed by atoms with Crippen molar-refractivity contribution in [2.45, 2.75) is 32.7 Å². The molecule has 2 unspecified atom stereocenters. The molecule has 2 aliphatic heterocycles. The van der Waals surface area contributed by atoms with Gasteiger partial charge in [-0.05, 0) is 43.9 Å². The number of hydrogen-bond donors (Lipinski definition) is 2. The Labute approximate surface area is 197 Å². The van der Waals surface area contributed by atoms with E-state index in [-0.39, 0.29) is 29.8 Å². The Morgan fingerprint density at radius 2 is 2.10 bits per heavy atom. The average molecular weight is 533 g/mol. The molecule has 30 heavy (non-hydrogen) atoms. The maximum Gasteiger partial charge on any atom is 0.191 e. The van der Waals surface area contributed by atoms with Crippen molar-refractivity contribution in [1.29, 1.82) is 0 Å². The summed E-state index contributed by atoms with van der Waals surface area (Å²) in [5, 5.41) is 6.98.